The molecule has 1 heterocycles. The van der Waals surface area contributed by atoms with Crippen LogP contribution in [0.3, 0.4) is 0 Å². The Bertz CT molecular complexity index is 677. The van der Waals surface area contributed by atoms with Crippen LogP contribution in [0.2, 0.25) is 0 Å². The van der Waals surface area contributed by atoms with Gasteiger partial charge in [-0.1, -0.05) is 18.2 Å². The van der Waals surface area contributed by atoms with Crippen molar-refractivity contribution in [3.05, 3.63) is 59.4 Å². The minimum atomic E-state index is -0.315. The minimum Gasteiger partial charge on any atom is -0.461 e. The molecule has 5 nitrogen and oxygen atoms in total. The Kier molecular flexibility index (Phi) is 4.89. The molecule has 0 aliphatic rings. The second-order valence-corrected chi connectivity index (χ2v) is 4.53. The average molecular weight is 281 g/mol. The number of hydrogen-bond acceptors (Lipinski definition) is 5. The van der Waals surface area contributed by atoms with Gasteiger partial charge in [-0.15, -0.1) is 0 Å². The van der Waals surface area contributed by atoms with E-state index in [0.29, 0.717) is 17.7 Å². The fourth-order valence-corrected chi connectivity index (χ4v) is 1.88. The normalized spacial score (nSPS) is 9.86. The summed E-state index contributed by atoms with van der Waals surface area (Å²) in [7, 11) is 0. The van der Waals surface area contributed by atoms with E-state index < -0.39 is 0 Å². The predicted molar refractivity (Wildman–Crippen MR) is 77.9 cm³/mol. The van der Waals surface area contributed by atoms with Gasteiger partial charge in [-0.25, -0.2) is 4.98 Å². The number of rotatable bonds is 5. The first-order chi connectivity index (χ1) is 10.2. The Balaban J connectivity index is 1.84. The minimum absolute atomic E-state index is 0.0620. The maximum atomic E-state index is 11.7. The quantitative estimate of drug-likeness (QED) is 0.670. The third-order valence-corrected chi connectivity index (χ3v) is 2.95. The van der Waals surface area contributed by atoms with E-state index >= 15 is 0 Å². The number of anilines is 1. The van der Waals surface area contributed by atoms with Crippen LogP contribution in [0.15, 0.2) is 42.6 Å². The van der Waals surface area contributed by atoms with E-state index in [2.05, 4.69) is 4.98 Å². The lowest BCUT2D eigenvalue weighted by atomic mass is 10.1. The van der Waals surface area contributed by atoms with Crippen LogP contribution in [0.5, 0.6) is 0 Å². The third-order valence-electron chi connectivity index (χ3n) is 2.95. The SMILES string of the molecule is N#Cc1ncccc1COC(=O)CCc1cccc(N)c1. The molecule has 0 unspecified atom stereocenters. The molecular formula is C16H15N3O2. The maximum Gasteiger partial charge on any atom is 0.306 e. The molecular weight excluding hydrogens is 266 g/mol. The molecule has 0 atom stereocenters. The second kappa shape index (κ2) is 7.06. The summed E-state index contributed by atoms with van der Waals surface area (Å²) in [4.78, 5) is 15.6. The van der Waals surface area contributed by atoms with Gasteiger partial charge in [-0.05, 0) is 30.2 Å². The summed E-state index contributed by atoms with van der Waals surface area (Å²) < 4.78 is 5.16. The summed E-state index contributed by atoms with van der Waals surface area (Å²) in [5.74, 6) is -0.315. The van der Waals surface area contributed by atoms with Crippen molar-refractivity contribution in [2.45, 2.75) is 19.4 Å². The first-order valence-corrected chi connectivity index (χ1v) is 6.53. The number of pyridine rings is 1. The van der Waals surface area contributed by atoms with Crippen molar-refractivity contribution in [1.82, 2.24) is 4.98 Å². The molecule has 0 saturated heterocycles. The first-order valence-electron chi connectivity index (χ1n) is 6.53. The average Bonchev–Trinajstić information content (AvgIpc) is 2.51. The highest BCUT2D eigenvalue weighted by Gasteiger charge is 2.07. The van der Waals surface area contributed by atoms with Crippen molar-refractivity contribution >= 4 is 11.7 Å². The molecule has 0 fully saturated rings. The summed E-state index contributed by atoms with van der Waals surface area (Å²) in [6.07, 6.45) is 2.37. The molecule has 21 heavy (non-hydrogen) atoms. The predicted octanol–water partition coefficient (Wildman–Crippen LogP) is 2.21. The molecule has 106 valence electrons. The smallest absolute Gasteiger partial charge is 0.306 e. The fourth-order valence-electron chi connectivity index (χ4n) is 1.88. The summed E-state index contributed by atoms with van der Waals surface area (Å²) in [5.41, 5.74) is 8.23. The van der Waals surface area contributed by atoms with Gasteiger partial charge in [0.25, 0.3) is 0 Å². The van der Waals surface area contributed by atoms with Gasteiger partial charge < -0.3 is 10.5 Å². The lowest BCUT2D eigenvalue weighted by Crippen LogP contribution is -2.07. The zero-order valence-electron chi connectivity index (χ0n) is 11.5. The highest BCUT2D eigenvalue weighted by molar-refractivity contribution is 5.69. The van der Waals surface area contributed by atoms with Gasteiger partial charge in [0.1, 0.15) is 18.4 Å². The number of carbonyl (C=O) groups is 1. The van der Waals surface area contributed by atoms with Crippen LogP contribution in [0.1, 0.15) is 23.2 Å². The van der Waals surface area contributed by atoms with Crippen LogP contribution in [0, 0.1) is 11.3 Å². The van der Waals surface area contributed by atoms with Crippen LogP contribution < -0.4 is 5.73 Å². The molecule has 2 aromatic rings. The number of nitriles is 1. The van der Waals surface area contributed by atoms with Crippen LogP contribution in [-0.2, 0) is 22.6 Å². The Hall–Kier alpha value is -2.87. The topological polar surface area (TPSA) is 89.0 Å². The van der Waals surface area contributed by atoms with Gasteiger partial charge in [0, 0.05) is 23.9 Å². The Morgan fingerprint density at radius 3 is 2.95 bits per heavy atom. The molecule has 0 aliphatic carbocycles. The van der Waals surface area contributed by atoms with Gasteiger partial charge in [0.15, 0.2) is 0 Å². The maximum absolute atomic E-state index is 11.7. The van der Waals surface area contributed by atoms with E-state index in [9.17, 15) is 4.79 Å². The van der Waals surface area contributed by atoms with Crippen LogP contribution >= 0.6 is 0 Å². The molecule has 1 aromatic carbocycles. The van der Waals surface area contributed by atoms with E-state index in [1.54, 1.807) is 18.2 Å². The third kappa shape index (κ3) is 4.32. The summed E-state index contributed by atoms with van der Waals surface area (Å²) in [5, 5.41) is 8.90. The molecule has 2 N–H and O–H groups in total. The molecule has 2 rings (SSSR count). The van der Waals surface area contributed by atoms with Crippen molar-refractivity contribution in [3.63, 3.8) is 0 Å². The zero-order valence-corrected chi connectivity index (χ0v) is 11.5. The number of carbonyl (C=O) groups excluding carboxylic acids is 1. The highest BCUT2D eigenvalue weighted by Crippen LogP contribution is 2.10. The van der Waals surface area contributed by atoms with Crippen molar-refractivity contribution < 1.29 is 9.53 Å². The van der Waals surface area contributed by atoms with Gasteiger partial charge in [0.2, 0.25) is 0 Å². The Labute approximate surface area is 123 Å². The van der Waals surface area contributed by atoms with E-state index in [-0.39, 0.29) is 24.7 Å². The highest BCUT2D eigenvalue weighted by atomic mass is 16.5. The lowest BCUT2D eigenvalue weighted by Gasteiger charge is -2.06. The van der Waals surface area contributed by atoms with Crippen LogP contribution in [0.25, 0.3) is 0 Å². The molecule has 5 heteroatoms. The van der Waals surface area contributed by atoms with Crippen molar-refractivity contribution in [2.24, 2.45) is 0 Å². The largest absolute Gasteiger partial charge is 0.461 e. The second-order valence-electron chi connectivity index (χ2n) is 4.53. The lowest BCUT2D eigenvalue weighted by molar-refractivity contribution is -0.144. The molecule has 1 aromatic heterocycles. The number of aryl methyl sites for hydroxylation is 1. The van der Waals surface area contributed by atoms with E-state index in [4.69, 9.17) is 15.7 Å². The number of benzene rings is 1. The number of aromatic nitrogens is 1. The van der Waals surface area contributed by atoms with Crippen LogP contribution in [-0.4, -0.2) is 11.0 Å². The molecule has 0 saturated carbocycles. The first kappa shape index (κ1) is 14.5. The number of nitrogen functional groups attached to an aromatic ring is 1. The Morgan fingerprint density at radius 1 is 1.33 bits per heavy atom. The molecule has 0 spiro atoms. The molecule has 0 radical (unpaired) electrons. The summed E-state index contributed by atoms with van der Waals surface area (Å²) in [6.45, 7) is 0.0620. The summed E-state index contributed by atoms with van der Waals surface area (Å²) >= 11 is 0. The summed E-state index contributed by atoms with van der Waals surface area (Å²) in [6, 6.07) is 12.8. The number of ether oxygens (including phenoxy) is 1. The van der Waals surface area contributed by atoms with Crippen molar-refractivity contribution in [1.29, 1.82) is 5.26 Å². The zero-order chi connectivity index (χ0) is 15.1. The number of nitrogens with two attached hydrogens (primary N) is 1. The van der Waals surface area contributed by atoms with Crippen molar-refractivity contribution in [2.75, 3.05) is 5.73 Å². The Morgan fingerprint density at radius 2 is 2.19 bits per heavy atom. The molecule has 0 amide bonds. The van der Waals surface area contributed by atoms with Gasteiger partial charge in [-0.3, -0.25) is 4.79 Å². The van der Waals surface area contributed by atoms with E-state index in [1.165, 1.54) is 6.20 Å². The van der Waals surface area contributed by atoms with Gasteiger partial charge in [-0.2, -0.15) is 5.26 Å². The molecule has 0 bridgehead atoms. The fraction of sp³-hybridized carbons (Fsp3) is 0.188. The van der Waals surface area contributed by atoms with E-state index in [1.807, 2.05) is 24.3 Å². The number of hydrogen-bond donors (Lipinski definition) is 1. The standard InChI is InChI=1S/C16H15N3O2/c17-10-15-13(4-2-8-19-15)11-21-16(20)7-6-12-3-1-5-14(18)9-12/h1-5,8-9H,6-7,11,18H2. The van der Waals surface area contributed by atoms with Gasteiger partial charge >= 0.3 is 5.97 Å². The molecule has 0 aliphatic heterocycles. The van der Waals surface area contributed by atoms with E-state index in [0.717, 1.165) is 5.56 Å². The monoisotopic (exact) mass is 281 g/mol. The van der Waals surface area contributed by atoms with Gasteiger partial charge in [0.05, 0.1) is 0 Å². The number of nitrogens with zero attached hydrogens (tertiary/aromatic N) is 2. The van der Waals surface area contributed by atoms with Crippen molar-refractivity contribution in [3.8, 4) is 6.07 Å². The van der Waals surface area contributed by atoms with Crippen LogP contribution in [0.4, 0.5) is 5.69 Å². The number of esters is 1.